The van der Waals surface area contributed by atoms with Crippen molar-refractivity contribution in [3.8, 4) is 0 Å². The molecule has 1 aromatic rings. The van der Waals surface area contributed by atoms with Gasteiger partial charge in [0.25, 0.3) is 0 Å². The second-order valence-electron chi connectivity index (χ2n) is 3.88. The maximum atomic E-state index is 6.10. The minimum absolute atomic E-state index is 0.169. The Morgan fingerprint density at radius 2 is 2.23 bits per heavy atom. The molecule has 0 amide bonds. The fourth-order valence-corrected chi connectivity index (χ4v) is 2.15. The Morgan fingerprint density at radius 1 is 1.46 bits per heavy atom. The maximum Gasteiger partial charge on any atom is 0.0409 e. The van der Waals surface area contributed by atoms with Crippen molar-refractivity contribution in [3.05, 3.63) is 34.3 Å². The SMILES string of the molecule is CC1CCc2ccc(Cl)cc2[C@@H]1N. The largest absolute Gasteiger partial charge is 0.324 e. The van der Waals surface area contributed by atoms with Crippen LogP contribution >= 0.6 is 11.6 Å². The van der Waals surface area contributed by atoms with Gasteiger partial charge in [0.05, 0.1) is 0 Å². The van der Waals surface area contributed by atoms with Crippen LogP contribution < -0.4 is 5.73 Å². The average Bonchev–Trinajstić information content (AvgIpc) is 2.12. The lowest BCUT2D eigenvalue weighted by molar-refractivity contribution is 0.412. The van der Waals surface area contributed by atoms with Crippen LogP contribution in [-0.4, -0.2) is 0 Å². The zero-order valence-electron chi connectivity index (χ0n) is 7.76. The van der Waals surface area contributed by atoms with Crippen molar-refractivity contribution in [3.63, 3.8) is 0 Å². The van der Waals surface area contributed by atoms with Crippen molar-refractivity contribution in [2.75, 3.05) is 0 Å². The van der Waals surface area contributed by atoms with Crippen molar-refractivity contribution in [2.45, 2.75) is 25.8 Å². The summed E-state index contributed by atoms with van der Waals surface area (Å²) in [5.74, 6) is 0.575. The van der Waals surface area contributed by atoms with Gasteiger partial charge in [-0.15, -0.1) is 0 Å². The number of aryl methyl sites for hydroxylation is 1. The fourth-order valence-electron chi connectivity index (χ4n) is 1.97. The topological polar surface area (TPSA) is 26.0 Å². The Hall–Kier alpha value is -0.530. The number of nitrogens with two attached hydrogens (primary N) is 1. The summed E-state index contributed by atoms with van der Waals surface area (Å²) >= 11 is 5.93. The van der Waals surface area contributed by atoms with Crippen molar-refractivity contribution in [1.82, 2.24) is 0 Å². The second kappa shape index (κ2) is 3.32. The van der Waals surface area contributed by atoms with Gasteiger partial charge in [-0.05, 0) is 42.0 Å². The van der Waals surface area contributed by atoms with E-state index in [1.54, 1.807) is 0 Å². The van der Waals surface area contributed by atoms with Gasteiger partial charge < -0.3 is 5.73 Å². The zero-order valence-corrected chi connectivity index (χ0v) is 8.51. The molecule has 70 valence electrons. The lowest BCUT2D eigenvalue weighted by Gasteiger charge is -2.28. The molecule has 0 spiro atoms. The summed E-state index contributed by atoms with van der Waals surface area (Å²) in [6.45, 7) is 2.20. The highest BCUT2D eigenvalue weighted by atomic mass is 35.5. The number of halogens is 1. The van der Waals surface area contributed by atoms with E-state index in [1.165, 1.54) is 17.5 Å². The minimum atomic E-state index is 0.169. The summed E-state index contributed by atoms with van der Waals surface area (Å²) in [7, 11) is 0. The number of fused-ring (bicyclic) bond motifs is 1. The van der Waals surface area contributed by atoms with Gasteiger partial charge in [0.15, 0.2) is 0 Å². The molecule has 2 atom stereocenters. The Kier molecular flexibility index (Phi) is 2.31. The van der Waals surface area contributed by atoms with Gasteiger partial charge in [0.1, 0.15) is 0 Å². The van der Waals surface area contributed by atoms with Gasteiger partial charge in [-0.25, -0.2) is 0 Å². The van der Waals surface area contributed by atoms with Crippen LogP contribution in [0.5, 0.6) is 0 Å². The quantitative estimate of drug-likeness (QED) is 0.677. The molecule has 2 N–H and O–H groups in total. The van der Waals surface area contributed by atoms with E-state index >= 15 is 0 Å². The Bertz CT molecular complexity index is 322. The predicted molar refractivity (Wildman–Crippen MR) is 55.9 cm³/mol. The molecule has 2 rings (SSSR count). The van der Waals surface area contributed by atoms with E-state index in [0.717, 1.165) is 11.4 Å². The molecule has 0 radical (unpaired) electrons. The molecule has 1 nitrogen and oxygen atoms in total. The summed E-state index contributed by atoms with van der Waals surface area (Å²) in [6.07, 6.45) is 2.33. The molecule has 0 saturated heterocycles. The summed E-state index contributed by atoms with van der Waals surface area (Å²) in [4.78, 5) is 0. The fraction of sp³-hybridized carbons (Fsp3) is 0.455. The maximum absolute atomic E-state index is 6.10. The molecule has 1 aliphatic carbocycles. The van der Waals surface area contributed by atoms with Crippen LogP contribution in [-0.2, 0) is 6.42 Å². The first kappa shape index (κ1) is 9.04. The first-order chi connectivity index (χ1) is 6.18. The zero-order chi connectivity index (χ0) is 9.42. The first-order valence-corrected chi connectivity index (χ1v) is 5.10. The average molecular weight is 196 g/mol. The van der Waals surface area contributed by atoms with E-state index in [-0.39, 0.29) is 6.04 Å². The highest BCUT2D eigenvalue weighted by Crippen LogP contribution is 2.33. The van der Waals surface area contributed by atoms with Crippen LogP contribution in [0.1, 0.15) is 30.5 Å². The third kappa shape index (κ3) is 1.59. The van der Waals surface area contributed by atoms with E-state index in [0.29, 0.717) is 5.92 Å². The van der Waals surface area contributed by atoms with Crippen molar-refractivity contribution in [1.29, 1.82) is 0 Å². The molecule has 1 aliphatic rings. The van der Waals surface area contributed by atoms with Gasteiger partial charge in [0, 0.05) is 11.1 Å². The molecule has 0 saturated carbocycles. The van der Waals surface area contributed by atoms with E-state index in [1.807, 2.05) is 12.1 Å². The summed E-state index contributed by atoms with van der Waals surface area (Å²) in [6, 6.07) is 6.23. The molecule has 0 bridgehead atoms. The van der Waals surface area contributed by atoms with E-state index in [9.17, 15) is 0 Å². The van der Waals surface area contributed by atoms with Crippen LogP contribution in [0.4, 0.5) is 0 Å². The molecule has 2 heteroatoms. The highest BCUT2D eigenvalue weighted by molar-refractivity contribution is 6.30. The van der Waals surface area contributed by atoms with Crippen molar-refractivity contribution in [2.24, 2.45) is 11.7 Å². The van der Waals surface area contributed by atoms with Crippen molar-refractivity contribution < 1.29 is 0 Å². The van der Waals surface area contributed by atoms with Crippen LogP contribution in [0.2, 0.25) is 5.02 Å². The first-order valence-electron chi connectivity index (χ1n) is 4.72. The van der Waals surface area contributed by atoms with Gasteiger partial charge in [-0.1, -0.05) is 24.6 Å². The van der Waals surface area contributed by atoms with Gasteiger partial charge in [-0.3, -0.25) is 0 Å². The number of hydrogen-bond donors (Lipinski definition) is 1. The summed E-state index contributed by atoms with van der Waals surface area (Å²) in [5.41, 5.74) is 8.71. The highest BCUT2D eigenvalue weighted by Gasteiger charge is 2.22. The molecule has 13 heavy (non-hydrogen) atoms. The van der Waals surface area contributed by atoms with E-state index < -0.39 is 0 Å². The molecule has 0 fully saturated rings. The lowest BCUT2D eigenvalue weighted by atomic mass is 9.81. The number of rotatable bonds is 0. The molecular weight excluding hydrogens is 182 g/mol. The second-order valence-corrected chi connectivity index (χ2v) is 4.32. The standard InChI is InChI=1S/C11H14ClN/c1-7-2-3-8-4-5-9(12)6-10(8)11(7)13/h4-7,11H,2-3,13H2,1H3/t7?,11-/m1/s1. The van der Waals surface area contributed by atoms with Gasteiger partial charge >= 0.3 is 0 Å². The summed E-state index contributed by atoms with van der Waals surface area (Å²) < 4.78 is 0. The smallest absolute Gasteiger partial charge is 0.0409 e. The molecule has 1 unspecified atom stereocenters. The Labute approximate surface area is 83.9 Å². The third-order valence-corrected chi connectivity index (χ3v) is 3.18. The van der Waals surface area contributed by atoms with Crippen LogP contribution in [0.3, 0.4) is 0 Å². The van der Waals surface area contributed by atoms with Crippen LogP contribution in [0.15, 0.2) is 18.2 Å². The van der Waals surface area contributed by atoms with E-state index in [4.69, 9.17) is 17.3 Å². The summed E-state index contributed by atoms with van der Waals surface area (Å²) in [5, 5.41) is 0.795. The van der Waals surface area contributed by atoms with Gasteiger partial charge in [0.2, 0.25) is 0 Å². The molecule has 0 aliphatic heterocycles. The molecular formula is C11H14ClN. The normalized spacial score (nSPS) is 27.0. The van der Waals surface area contributed by atoms with E-state index in [2.05, 4.69) is 13.0 Å². The van der Waals surface area contributed by atoms with Gasteiger partial charge in [-0.2, -0.15) is 0 Å². The van der Waals surface area contributed by atoms with Crippen LogP contribution in [0.25, 0.3) is 0 Å². The Balaban J connectivity index is 2.45. The number of hydrogen-bond acceptors (Lipinski definition) is 1. The van der Waals surface area contributed by atoms with Crippen LogP contribution in [0, 0.1) is 5.92 Å². The van der Waals surface area contributed by atoms with Crippen molar-refractivity contribution >= 4 is 11.6 Å². The monoisotopic (exact) mass is 195 g/mol. The number of benzene rings is 1. The molecule has 0 aromatic heterocycles. The Morgan fingerprint density at radius 3 is 3.00 bits per heavy atom. The predicted octanol–water partition coefficient (Wildman–Crippen LogP) is 2.92. The molecule has 0 heterocycles. The third-order valence-electron chi connectivity index (χ3n) is 2.95. The minimum Gasteiger partial charge on any atom is -0.324 e. The molecule has 1 aromatic carbocycles. The lowest BCUT2D eigenvalue weighted by Crippen LogP contribution is -2.25.